The quantitative estimate of drug-likeness (QED) is 0.635. The van der Waals surface area contributed by atoms with Crippen LogP contribution in [0.25, 0.3) is 0 Å². The van der Waals surface area contributed by atoms with Crippen LogP contribution >= 0.6 is 11.6 Å². The molecule has 1 unspecified atom stereocenters. The number of anilines is 1. The maximum Gasteiger partial charge on any atom is 0.322 e. The van der Waals surface area contributed by atoms with Gasteiger partial charge >= 0.3 is 6.03 Å². The van der Waals surface area contributed by atoms with Gasteiger partial charge in [0.05, 0.1) is 23.9 Å². The summed E-state index contributed by atoms with van der Waals surface area (Å²) in [4.78, 5) is 41.9. The number of hydrogen-bond acceptors (Lipinski definition) is 3. The number of benzene rings is 2. The van der Waals surface area contributed by atoms with Crippen LogP contribution in [0, 0.1) is 13.8 Å². The Morgan fingerprint density at radius 1 is 1.21 bits per heavy atom. The van der Waals surface area contributed by atoms with E-state index in [1.807, 2.05) is 38.1 Å². The highest BCUT2D eigenvalue weighted by Crippen LogP contribution is 2.36. The van der Waals surface area contributed by atoms with Crippen molar-refractivity contribution in [3.8, 4) is 0 Å². The average molecular weight is 465 g/mol. The van der Waals surface area contributed by atoms with Crippen LogP contribution in [0.1, 0.15) is 22.7 Å². The summed E-state index contributed by atoms with van der Waals surface area (Å²) in [5.41, 5.74) is 4.60. The number of aryl methyl sites for hydroxylation is 2. The summed E-state index contributed by atoms with van der Waals surface area (Å²) in [5.74, 6) is -0.598. The van der Waals surface area contributed by atoms with Crippen LogP contribution in [-0.4, -0.2) is 47.3 Å². The molecule has 0 saturated heterocycles. The largest absolute Gasteiger partial charge is 0.326 e. The lowest BCUT2D eigenvalue weighted by atomic mass is 9.95. The predicted octanol–water partition coefficient (Wildman–Crippen LogP) is 3.94. The van der Waals surface area contributed by atoms with Crippen molar-refractivity contribution < 1.29 is 14.4 Å². The highest BCUT2D eigenvalue weighted by molar-refractivity contribution is 6.30. The van der Waals surface area contributed by atoms with Crippen LogP contribution in [0.2, 0.25) is 5.02 Å². The topological polar surface area (TPSA) is 81.8 Å². The molecule has 2 heterocycles. The van der Waals surface area contributed by atoms with Crippen molar-refractivity contribution in [3.05, 3.63) is 88.1 Å². The van der Waals surface area contributed by atoms with Gasteiger partial charge < -0.3 is 15.5 Å². The van der Waals surface area contributed by atoms with E-state index >= 15 is 0 Å². The standard InChI is InChI=1S/C25H25ClN4O3/c1-4-10-30-20-13-29(14-21(31)27-19-9-8-15(2)16(3)11-19)24(32)22(20)23(28-25(30)33)17-6-5-7-18(26)12-17/h4-9,11-12,23H,1,10,13-14H2,2-3H3,(H,27,31)(H,28,33). The molecule has 0 aliphatic carbocycles. The highest BCUT2D eigenvalue weighted by Gasteiger charge is 2.44. The summed E-state index contributed by atoms with van der Waals surface area (Å²) in [6.07, 6.45) is 1.60. The second-order valence-electron chi connectivity index (χ2n) is 8.21. The molecule has 8 heteroatoms. The van der Waals surface area contributed by atoms with Gasteiger partial charge in [0.25, 0.3) is 5.91 Å². The lowest BCUT2D eigenvalue weighted by Gasteiger charge is -2.33. The first-order chi connectivity index (χ1) is 15.8. The molecule has 7 nitrogen and oxygen atoms in total. The van der Waals surface area contributed by atoms with Crippen molar-refractivity contribution in [2.45, 2.75) is 19.9 Å². The monoisotopic (exact) mass is 464 g/mol. The number of carbonyl (C=O) groups excluding carboxylic acids is 3. The van der Waals surface area contributed by atoms with Crippen LogP contribution in [-0.2, 0) is 9.59 Å². The molecule has 2 N–H and O–H groups in total. The van der Waals surface area contributed by atoms with E-state index in [4.69, 9.17) is 11.6 Å². The summed E-state index contributed by atoms with van der Waals surface area (Å²) < 4.78 is 0. The number of carbonyl (C=O) groups is 3. The Morgan fingerprint density at radius 3 is 2.70 bits per heavy atom. The van der Waals surface area contributed by atoms with Gasteiger partial charge in [-0.1, -0.05) is 35.9 Å². The number of hydrogen-bond donors (Lipinski definition) is 2. The zero-order chi connectivity index (χ0) is 23.7. The molecule has 4 amide bonds. The maximum atomic E-state index is 13.4. The molecule has 0 spiro atoms. The van der Waals surface area contributed by atoms with Crippen LogP contribution < -0.4 is 10.6 Å². The SMILES string of the molecule is C=CCN1C(=O)NC(c2cccc(Cl)c2)C2=C1CN(CC(=O)Nc1ccc(C)c(C)c1)C2=O. The van der Waals surface area contributed by atoms with Crippen LogP contribution in [0.15, 0.2) is 66.4 Å². The molecule has 0 saturated carbocycles. The molecule has 4 rings (SSSR count). The minimum absolute atomic E-state index is 0.128. The first-order valence-electron chi connectivity index (χ1n) is 10.6. The molecule has 2 aliphatic heterocycles. The Morgan fingerprint density at radius 2 is 2.00 bits per heavy atom. The molecule has 33 heavy (non-hydrogen) atoms. The zero-order valence-corrected chi connectivity index (χ0v) is 19.3. The third-order valence-electron chi connectivity index (χ3n) is 5.92. The molecule has 170 valence electrons. The Bertz CT molecular complexity index is 1190. The summed E-state index contributed by atoms with van der Waals surface area (Å²) >= 11 is 6.15. The molecule has 2 aliphatic rings. The second kappa shape index (κ2) is 9.11. The summed E-state index contributed by atoms with van der Waals surface area (Å²) in [6.45, 7) is 7.97. The van der Waals surface area contributed by atoms with Gasteiger partial charge in [-0.25, -0.2) is 4.79 Å². The molecule has 2 aromatic rings. The van der Waals surface area contributed by atoms with Gasteiger partial charge in [-0.3, -0.25) is 14.5 Å². The van der Waals surface area contributed by atoms with Crippen LogP contribution in [0.3, 0.4) is 0 Å². The third kappa shape index (κ3) is 4.50. The molecule has 0 radical (unpaired) electrons. The Labute approximate surface area is 197 Å². The predicted molar refractivity (Wildman–Crippen MR) is 128 cm³/mol. The van der Waals surface area contributed by atoms with E-state index in [1.54, 1.807) is 24.3 Å². The van der Waals surface area contributed by atoms with E-state index < -0.39 is 6.04 Å². The number of amides is 4. The van der Waals surface area contributed by atoms with Crippen LogP contribution in [0.5, 0.6) is 0 Å². The van der Waals surface area contributed by atoms with Gasteiger partial charge in [-0.2, -0.15) is 0 Å². The first-order valence-corrected chi connectivity index (χ1v) is 11.0. The van der Waals surface area contributed by atoms with E-state index in [1.165, 1.54) is 9.80 Å². The highest BCUT2D eigenvalue weighted by atomic mass is 35.5. The summed E-state index contributed by atoms with van der Waals surface area (Å²) in [6, 6.07) is 11.7. The number of nitrogens with one attached hydrogen (secondary N) is 2. The van der Waals surface area contributed by atoms with Crippen molar-refractivity contribution in [1.82, 2.24) is 15.1 Å². The van der Waals surface area contributed by atoms with E-state index in [0.29, 0.717) is 27.5 Å². The Kier molecular flexibility index (Phi) is 6.24. The molecular formula is C25H25ClN4O3. The fourth-order valence-electron chi connectivity index (χ4n) is 4.13. The number of urea groups is 1. The fraction of sp³-hybridized carbons (Fsp3) is 0.240. The van der Waals surface area contributed by atoms with Crippen molar-refractivity contribution >= 4 is 35.1 Å². The smallest absolute Gasteiger partial charge is 0.322 e. The van der Waals surface area contributed by atoms with Crippen molar-refractivity contribution in [2.75, 3.05) is 25.0 Å². The zero-order valence-electron chi connectivity index (χ0n) is 18.5. The first kappa shape index (κ1) is 22.6. The molecule has 1 atom stereocenters. The van der Waals surface area contributed by atoms with E-state index in [0.717, 1.165) is 11.1 Å². The number of rotatable bonds is 6. The molecule has 0 fully saturated rings. The minimum atomic E-state index is -0.646. The van der Waals surface area contributed by atoms with Gasteiger partial charge in [0, 0.05) is 17.3 Å². The lowest BCUT2D eigenvalue weighted by molar-refractivity contribution is -0.130. The minimum Gasteiger partial charge on any atom is -0.326 e. The van der Waals surface area contributed by atoms with Gasteiger partial charge in [0.15, 0.2) is 0 Å². The second-order valence-corrected chi connectivity index (χ2v) is 8.64. The van der Waals surface area contributed by atoms with Gasteiger partial charge in [-0.15, -0.1) is 6.58 Å². The van der Waals surface area contributed by atoms with E-state index in [-0.39, 0.29) is 37.5 Å². The van der Waals surface area contributed by atoms with Gasteiger partial charge in [0.1, 0.15) is 6.54 Å². The normalized spacial score (nSPS) is 17.7. The Hall–Kier alpha value is -3.58. The van der Waals surface area contributed by atoms with E-state index in [2.05, 4.69) is 17.2 Å². The number of halogens is 1. The lowest BCUT2D eigenvalue weighted by Crippen LogP contribution is -2.47. The van der Waals surface area contributed by atoms with E-state index in [9.17, 15) is 14.4 Å². The Balaban J connectivity index is 1.58. The molecule has 0 aromatic heterocycles. The van der Waals surface area contributed by atoms with Crippen LogP contribution in [0.4, 0.5) is 10.5 Å². The molecular weight excluding hydrogens is 440 g/mol. The number of nitrogens with zero attached hydrogens (tertiary/aromatic N) is 2. The molecule has 0 bridgehead atoms. The van der Waals surface area contributed by atoms with Crippen molar-refractivity contribution in [2.24, 2.45) is 0 Å². The molecule has 2 aromatic carbocycles. The fourth-order valence-corrected chi connectivity index (χ4v) is 4.33. The summed E-state index contributed by atoms with van der Waals surface area (Å²) in [5, 5.41) is 6.26. The summed E-state index contributed by atoms with van der Waals surface area (Å²) in [7, 11) is 0. The van der Waals surface area contributed by atoms with Gasteiger partial charge in [0.2, 0.25) is 5.91 Å². The van der Waals surface area contributed by atoms with Crippen molar-refractivity contribution in [3.63, 3.8) is 0 Å². The maximum absolute atomic E-state index is 13.4. The average Bonchev–Trinajstić information content (AvgIpc) is 3.08. The van der Waals surface area contributed by atoms with Crippen molar-refractivity contribution in [1.29, 1.82) is 0 Å². The third-order valence-corrected chi connectivity index (χ3v) is 6.15. The van der Waals surface area contributed by atoms with Gasteiger partial charge in [-0.05, 0) is 54.8 Å².